The van der Waals surface area contributed by atoms with Gasteiger partial charge in [-0.15, -0.1) is 0 Å². The second-order valence-electron chi connectivity index (χ2n) is 4.90. The molecule has 3 heteroatoms. The van der Waals surface area contributed by atoms with Crippen molar-refractivity contribution in [2.24, 2.45) is 0 Å². The van der Waals surface area contributed by atoms with Crippen molar-refractivity contribution in [1.82, 2.24) is 5.32 Å². The fourth-order valence-electron chi connectivity index (χ4n) is 1.66. The molecule has 0 spiro atoms. The van der Waals surface area contributed by atoms with Gasteiger partial charge in [0.25, 0.3) is 5.91 Å². The lowest BCUT2D eigenvalue weighted by molar-refractivity contribution is 0.0936. The summed E-state index contributed by atoms with van der Waals surface area (Å²) in [7, 11) is 1.60. The average Bonchev–Trinajstić information content (AvgIpc) is 2.37. The molecule has 0 bridgehead atoms. The first-order valence-electron chi connectivity index (χ1n) is 6.48. The summed E-state index contributed by atoms with van der Waals surface area (Å²) >= 11 is 0. The minimum atomic E-state index is -0.0727. The van der Waals surface area contributed by atoms with Crippen molar-refractivity contribution < 1.29 is 9.53 Å². The van der Waals surface area contributed by atoms with Crippen LogP contribution in [0, 0.1) is 0 Å². The topological polar surface area (TPSA) is 38.3 Å². The summed E-state index contributed by atoms with van der Waals surface area (Å²) in [4.78, 5) is 12.1. The zero-order valence-corrected chi connectivity index (χ0v) is 11.9. The summed E-state index contributed by atoms with van der Waals surface area (Å²) in [5, 5.41) is 2.95. The zero-order chi connectivity index (χ0) is 13.7. The molecule has 3 nitrogen and oxygen atoms in total. The molecule has 1 N–H and O–H groups in total. The number of nitrogens with one attached hydrogen (secondary N) is 1. The van der Waals surface area contributed by atoms with Crippen LogP contribution in [0.1, 0.15) is 56.0 Å². The molecule has 1 aromatic carbocycles. The number of methoxy groups -OCH3 is 1. The van der Waals surface area contributed by atoms with E-state index in [2.05, 4.69) is 19.2 Å². The quantitative estimate of drug-likeness (QED) is 0.869. The van der Waals surface area contributed by atoms with Crippen molar-refractivity contribution in [2.75, 3.05) is 7.11 Å². The highest BCUT2D eigenvalue weighted by molar-refractivity contribution is 5.97. The molecule has 0 aliphatic heterocycles. The summed E-state index contributed by atoms with van der Waals surface area (Å²) < 4.78 is 5.31. The summed E-state index contributed by atoms with van der Waals surface area (Å²) in [6, 6.07) is 5.94. The normalized spacial score (nSPS) is 12.3. The minimum absolute atomic E-state index is 0.0727. The molecule has 0 saturated heterocycles. The summed E-state index contributed by atoms with van der Waals surface area (Å²) in [5.41, 5.74) is 1.77. The smallest absolute Gasteiger partial charge is 0.255 e. The Kier molecular flexibility index (Phi) is 5.20. The van der Waals surface area contributed by atoms with Crippen LogP contribution < -0.4 is 10.1 Å². The lowest BCUT2D eigenvalue weighted by atomic mass is 10.0. The number of carbonyl (C=O) groups is 1. The highest BCUT2D eigenvalue weighted by atomic mass is 16.5. The van der Waals surface area contributed by atoms with Gasteiger partial charge in [0.15, 0.2) is 0 Å². The predicted molar refractivity (Wildman–Crippen MR) is 74.3 cm³/mol. The molecule has 1 unspecified atom stereocenters. The van der Waals surface area contributed by atoms with Crippen molar-refractivity contribution in [3.63, 3.8) is 0 Å². The molecular weight excluding hydrogens is 226 g/mol. The third kappa shape index (κ3) is 3.49. The van der Waals surface area contributed by atoms with E-state index in [0.29, 0.717) is 17.2 Å². The number of carbonyl (C=O) groups excluding carboxylic acids is 1. The summed E-state index contributed by atoms with van der Waals surface area (Å²) in [6.07, 6.45) is 0.915. The number of amides is 1. The summed E-state index contributed by atoms with van der Waals surface area (Å²) in [5.74, 6) is 0.990. The first-order chi connectivity index (χ1) is 8.49. The van der Waals surface area contributed by atoms with Gasteiger partial charge in [-0.25, -0.2) is 0 Å². The Morgan fingerprint density at radius 1 is 1.33 bits per heavy atom. The van der Waals surface area contributed by atoms with E-state index in [1.165, 1.54) is 5.56 Å². The van der Waals surface area contributed by atoms with Crippen LogP contribution in [0.3, 0.4) is 0 Å². The van der Waals surface area contributed by atoms with Gasteiger partial charge >= 0.3 is 0 Å². The van der Waals surface area contributed by atoms with Gasteiger partial charge in [0.05, 0.1) is 12.7 Å². The van der Waals surface area contributed by atoms with E-state index >= 15 is 0 Å². The van der Waals surface area contributed by atoms with Crippen LogP contribution >= 0.6 is 0 Å². The molecule has 1 rings (SSSR count). The number of hydrogen-bond donors (Lipinski definition) is 1. The van der Waals surface area contributed by atoms with Crippen molar-refractivity contribution in [3.05, 3.63) is 29.3 Å². The van der Waals surface area contributed by atoms with E-state index in [-0.39, 0.29) is 11.9 Å². The van der Waals surface area contributed by atoms with Crippen molar-refractivity contribution in [2.45, 2.75) is 46.1 Å². The van der Waals surface area contributed by atoms with Crippen molar-refractivity contribution in [1.29, 1.82) is 0 Å². The first-order valence-corrected chi connectivity index (χ1v) is 6.48. The molecule has 0 saturated carbocycles. The molecule has 100 valence electrons. The van der Waals surface area contributed by atoms with Crippen molar-refractivity contribution in [3.8, 4) is 5.75 Å². The van der Waals surface area contributed by atoms with E-state index in [1.807, 2.05) is 32.0 Å². The molecule has 1 aromatic rings. The molecule has 0 heterocycles. The summed E-state index contributed by atoms with van der Waals surface area (Å²) in [6.45, 7) is 8.28. The Balaban J connectivity index is 2.98. The van der Waals surface area contributed by atoms with Gasteiger partial charge in [-0.05, 0) is 37.0 Å². The maximum Gasteiger partial charge on any atom is 0.255 e. The minimum Gasteiger partial charge on any atom is -0.496 e. The fraction of sp³-hybridized carbons (Fsp3) is 0.533. The van der Waals surface area contributed by atoms with E-state index in [0.717, 1.165) is 6.42 Å². The molecule has 18 heavy (non-hydrogen) atoms. The maximum atomic E-state index is 12.1. The Labute approximate surface area is 110 Å². The average molecular weight is 249 g/mol. The van der Waals surface area contributed by atoms with E-state index in [1.54, 1.807) is 7.11 Å². The standard InChI is InChI=1S/C15H23NO2/c1-6-11(4)16-15(17)13-8-7-12(10(2)3)9-14(13)18-5/h7-11H,6H2,1-5H3,(H,16,17). The Hall–Kier alpha value is -1.51. The van der Waals surface area contributed by atoms with E-state index in [4.69, 9.17) is 4.74 Å². The highest BCUT2D eigenvalue weighted by Crippen LogP contribution is 2.24. The number of rotatable bonds is 5. The van der Waals surface area contributed by atoms with Gasteiger partial charge in [0.1, 0.15) is 5.75 Å². The third-order valence-electron chi connectivity index (χ3n) is 3.13. The largest absolute Gasteiger partial charge is 0.496 e. The van der Waals surface area contributed by atoms with Gasteiger partial charge in [0.2, 0.25) is 0 Å². The monoisotopic (exact) mass is 249 g/mol. The lowest BCUT2D eigenvalue weighted by Gasteiger charge is -2.15. The zero-order valence-electron chi connectivity index (χ0n) is 11.9. The van der Waals surface area contributed by atoms with Crippen LogP contribution in [-0.2, 0) is 0 Å². The Bertz CT molecular complexity index is 413. The predicted octanol–water partition coefficient (Wildman–Crippen LogP) is 3.35. The molecule has 1 amide bonds. The first kappa shape index (κ1) is 14.6. The second-order valence-corrected chi connectivity index (χ2v) is 4.90. The van der Waals surface area contributed by atoms with Crippen LogP contribution in [-0.4, -0.2) is 19.1 Å². The van der Waals surface area contributed by atoms with Crippen LogP contribution in [0.4, 0.5) is 0 Å². The van der Waals surface area contributed by atoms with Gasteiger partial charge in [0, 0.05) is 6.04 Å². The van der Waals surface area contributed by atoms with Crippen LogP contribution in [0.25, 0.3) is 0 Å². The fourth-order valence-corrected chi connectivity index (χ4v) is 1.66. The molecule has 0 aliphatic rings. The van der Waals surface area contributed by atoms with Crippen LogP contribution in [0.2, 0.25) is 0 Å². The lowest BCUT2D eigenvalue weighted by Crippen LogP contribution is -2.32. The number of ether oxygens (including phenoxy) is 1. The molecule has 0 radical (unpaired) electrons. The van der Waals surface area contributed by atoms with E-state index < -0.39 is 0 Å². The molecule has 0 aromatic heterocycles. The molecule has 0 aliphatic carbocycles. The van der Waals surface area contributed by atoms with Gasteiger partial charge < -0.3 is 10.1 Å². The Morgan fingerprint density at radius 3 is 2.50 bits per heavy atom. The third-order valence-corrected chi connectivity index (χ3v) is 3.13. The maximum absolute atomic E-state index is 12.1. The Morgan fingerprint density at radius 2 is 2.00 bits per heavy atom. The second kappa shape index (κ2) is 6.43. The number of hydrogen-bond acceptors (Lipinski definition) is 2. The van der Waals surface area contributed by atoms with Crippen LogP contribution in [0.5, 0.6) is 5.75 Å². The van der Waals surface area contributed by atoms with Gasteiger partial charge in [-0.1, -0.05) is 26.8 Å². The number of benzene rings is 1. The van der Waals surface area contributed by atoms with Crippen molar-refractivity contribution >= 4 is 5.91 Å². The molecule has 1 atom stereocenters. The van der Waals surface area contributed by atoms with Gasteiger partial charge in [-0.2, -0.15) is 0 Å². The van der Waals surface area contributed by atoms with Gasteiger partial charge in [-0.3, -0.25) is 4.79 Å². The highest BCUT2D eigenvalue weighted by Gasteiger charge is 2.15. The molecular formula is C15H23NO2. The SMILES string of the molecule is CCC(C)NC(=O)c1ccc(C(C)C)cc1OC. The van der Waals surface area contributed by atoms with Crippen LogP contribution in [0.15, 0.2) is 18.2 Å². The molecule has 0 fully saturated rings. The van der Waals surface area contributed by atoms with E-state index in [9.17, 15) is 4.79 Å².